The molecule has 168 valence electrons. The lowest BCUT2D eigenvalue weighted by atomic mass is 10.2. The molecule has 3 heterocycles. The van der Waals surface area contributed by atoms with Gasteiger partial charge >= 0.3 is 0 Å². The Labute approximate surface area is 202 Å². The minimum atomic E-state index is 0.511. The lowest BCUT2D eigenvalue weighted by molar-refractivity contribution is 0.935. The molecule has 6 rings (SSSR count). The van der Waals surface area contributed by atoms with Crippen molar-refractivity contribution >= 4 is 29.0 Å². The second-order valence-corrected chi connectivity index (χ2v) is 8.06. The Kier molecular flexibility index (Phi) is 5.04. The molecular weight excluding hydrogens is 432 g/mol. The molecule has 35 heavy (non-hydrogen) atoms. The van der Waals surface area contributed by atoms with E-state index in [1.165, 1.54) is 0 Å². The number of rotatable bonds is 5. The molecule has 0 aliphatic rings. The van der Waals surface area contributed by atoms with Gasteiger partial charge in [0.15, 0.2) is 11.6 Å². The summed E-state index contributed by atoms with van der Waals surface area (Å²) in [6.45, 7) is 5.97. The van der Waals surface area contributed by atoms with Crippen LogP contribution in [0.4, 0.5) is 0 Å². The van der Waals surface area contributed by atoms with E-state index in [0.717, 1.165) is 39.3 Å². The molecule has 6 heteroatoms. The molecule has 0 atom stereocenters. The first-order valence-electron chi connectivity index (χ1n) is 11.4. The summed E-state index contributed by atoms with van der Waals surface area (Å²) in [5.41, 5.74) is 5.59. The Morgan fingerprint density at radius 2 is 1.26 bits per heavy atom. The molecule has 0 unspecified atom stereocenters. The van der Waals surface area contributed by atoms with E-state index in [0.29, 0.717) is 17.6 Å². The smallest absolute Gasteiger partial charge is 0.241 e. The SMILES string of the molecule is C=Cc1nc2n(-c3nc(-c4ccccc4)nc(-c4ccccc4)n3)c3ccccc3n2c1/C=C\C. The van der Waals surface area contributed by atoms with Crippen LogP contribution in [0.2, 0.25) is 0 Å². The van der Waals surface area contributed by atoms with Gasteiger partial charge in [0, 0.05) is 11.1 Å². The van der Waals surface area contributed by atoms with Gasteiger partial charge < -0.3 is 0 Å². The van der Waals surface area contributed by atoms with Crippen LogP contribution < -0.4 is 0 Å². The van der Waals surface area contributed by atoms with Gasteiger partial charge in [-0.05, 0) is 31.2 Å². The van der Waals surface area contributed by atoms with E-state index < -0.39 is 0 Å². The van der Waals surface area contributed by atoms with Crippen LogP contribution in [-0.4, -0.2) is 28.9 Å². The van der Waals surface area contributed by atoms with Crippen LogP contribution in [0, 0.1) is 0 Å². The Morgan fingerprint density at radius 3 is 1.83 bits per heavy atom. The van der Waals surface area contributed by atoms with Crippen molar-refractivity contribution in [1.82, 2.24) is 28.9 Å². The van der Waals surface area contributed by atoms with Gasteiger partial charge in [-0.3, -0.25) is 4.40 Å². The normalized spacial score (nSPS) is 11.6. The zero-order valence-corrected chi connectivity index (χ0v) is 19.2. The van der Waals surface area contributed by atoms with Crippen LogP contribution in [0.25, 0.3) is 57.7 Å². The Morgan fingerprint density at radius 1 is 0.686 bits per heavy atom. The first kappa shape index (κ1) is 20.7. The summed E-state index contributed by atoms with van der Waals surface area (Å²) >= 11 is 0. The predicted molar refractivity (Wildman–Crippen MR) is 141 cm³/mol. The van der Waals surface area contributed by atoms with Gasteiger partial charge in [-0.2, -0.15) is 9.97 Å². The maximum absolute atomic E-state index is 4.93. The van der Waals surface area contributed by atoms with Gasteiger partial charge in [-0.25, -0.2) is 14.5 Å². The largest absolute Gasteiger partial charge is 0.276 e. The van der Waals surface area contributed by atoms with Gasteiger partial charge in [0.1, 0.15) is 0 Å². The van der Waals surface area contributed by atoms with E-state index in [1.807, 2.05) is 96.4 Å². The number of imidazole rings is 2. The molecule has 0 aliphatic heterocycles. The molecule has 0 saturated heterocycles. The number of nitrogens with zero attached hydrogens (tertiary/aromatic N) is 6. The zero-order chi connectivity index (χ0) is 23.8. The predicted octanol–water partition coefficient (Wildman–Crippen LogP) is 6.47. The molecule has 0 N–H and O–H groups in total. The summed E-state index contributed by atoms with van der Waals surface area (Å²) in [5, 5.41) is 0. The van der Waals surface area contributed by atoms with Crippen molar-refractivity contribution in [3.05, 3.63) is 109 Å². The summed E-state index contributed by atoms with van der Waals surface area (Å²) in [6, 6.07) is 28.1. The third-order valence-electron chi connectivity index (χ3n) is 5.89. The molecule has 6 nitrogen and oxygen atoms in total. The molecule has 0 radical (unpaired) electrons. The van der Waals surface area contributed by atoms with Crippen LogP contribution in [0.1, 0.15) is 18.3 Å². The van der Waals surface area contributed by atoms with Crippen molar-refractivity contribution in [2.45, 2.75) is 6.92 Å². The number of para-hydroxylation sites is 2. The number of benzene rings is 3. The monoisotopic (exact) mass is 454 g/mol. The molecule has 3 aromatic carbocycles. The van der Waals surface area contributed by atoms with Crippen molar-refractivity contribution in [2.75, 3.05) is 0 Å². The third-order valence-corrected chi connectivity index (χ3v) is 5.89. The number of allylic oxidation sites excluding steroid dienone is 1. The highest BCUT2D eigenvalue weighted by Gasteiger charge is 2.21. The molecule has 0 bridgehead atoms. The van der Waals surface area contributed by atoms with E-state index in [1.54, 1.807) is 6.08 Å². The molecule has 0 spiro atoms. The van der Waals surface area contributed by atoms with Crippen LogP contribution in [0.3, 0.4) is 0 Å². The van der Waals surface area contributed by atoms with E-state index in [2.05, 4.69) is 23.1 Å². The quantitative estimate of drug-likeness (QED) is 0.299. The molecular formula is C29H22N6. The average molecular weight is 455 g/mol. The summed E-state index contributed by atoms with van der Waals surface area (Å²) in [4.78, 5) is 19.6. The second-order valence-electron chi connectivity index (χ2n) is 8.06. The van der Waals surface area contributed by atoms with Crippen molar-refractivity contribution in [1.29, 1.82) is 0 Å². The van der Waals surface area contributed by atoms with Crippen LogP contribution in [-0.2, 0) is 0 Å². The van der Waals surface area contributed by atoms with Gasteiger partial charge in [0.25, 0.3) is 0 Å². The summed E-state index contributed by atoms with van der Waals surface area (Å²) in [6.07, 6.45) is 5.83. The first-order valence-corrected chi connectivity index (χ1v) is 11.4. The van der Waals surface area contributed by atoms with Gasteiger partial charge in [0.2, 0.25) is 11.7 Å². The molecule has 0 amide bonds. The van der Waals surface area contributed by atoms with Crippen LogP contribution >= 0.6 is 0 Å². The van der Waals surface area contributed by atoms with Crippen molar-refractivity contribution in [3.63, 3.8) is 0 Å². The summed E-state index contributed by atoms with van der Waals surface area (Å²) < 4.78 is 4.12. The summed E-state index contributed by atoms with van der Waals surface area (Å²) in [7, 11) is 0. The van der Waals surface area contributed by atoms with E-state index in [4.69, 9.17) is 19.9 Å². The first-order chi connectivity index (χ1) is 17.3. The van der Waals surface area contributed by atoms with Crippen molar-refractivity contribution in [2.24, 2.45) is 0 Å². The lowest BCUT2D eigenvalue weighted by Gasteiger charge is -2.09. The van der Waals surface area contributed by atoms with Gasteiger partial charge in [0.05, 0.1) is 22.4 Å². The Bertz CT molecular complexity index is 1650. The summed E-state index contributed by atoms with van der Waals surface area (Å²) in [5.74, 6) is 2.44. The topological polar surface area (TPSA) is 60.9 Å². The minimum absolute atomic E-state index is 0.511. The van der Waals surface area contributed by atoms with Crippen molar-refractivity contribution in [3.8, 4) is 28.7 Å². The fourth-order valence-electron chi connectivity index (χ4n) is 4.34. The Balaban J connectivity index is 1.71. The fourth-order valence-corrected chi connectivity index (χ4v) is 4.34. The number of fused-ring (bicyclic) bond motifs is 3. The standard InChI is InChI=1S/C29H22N6/c1-3-13-23-22(4-2)30-29-34(23)24-18-11-12-19-25(24)35(29)28-32-26(20-14-7-5-8-15-20)31-27(33-28)21-16-9-6-10-17-21/h3-19H,2H2,1H3/b13-3-. The molecule has 3 aromatic heterocycles. The highest BCUT2D eigenvalue weighted by atomic mass is 15.3. The highest BCUT2D eigenvalue weighted by Crippen LogP contribution is 2.29. The van der Waals surface area contributed by atoms with E-state index in [-0.39, 0.29) is 0 Å². The number of hydrogen-bond acceptors (Lipinski definition) is 4. The van der Waals surface area contributed by atoms with Crippen LogP contribution in [0.15, 0.2) is 97.6 Å². The molecule has 0 aliphatic carbocycles. The lowest BCUT2D eigenvalue weighted by Crippen LogP contribution is -2.07. The van der Waals surface area contributed by atoms with Gasteiger partial charge in [-0.1, -0.05) is 85.5 Å². The fraction of sp³-hybridized carbons (Fsp3) is 0.0345. The third kappa shape index (κ3) is 3.43. The minimum Gasteiger partial charge on any atom is -0.276 e. The molecule has 6 aromatic rings. The maximum Gasteiger partial charge on any atom is 0.241 e. The number of hydrogen-bond donors (Lipinski definition) is 0. The maximum atomic E-state index is 4.93. The zero-order valence-electron chi connectivity index (χ0n) is 19.2. The van der Waals surface area contributed by atoms with Gasteiger partial charge in [-0.15, -0.1) is 0 Å². The van der Waals surface area contributed by atoms with E-state index >= 15 is 0 Å². The van der Waals surface area contributed by atoms with Crippen LogP contribution in [0.5, 0.6) is 0 Å². The molecule has 0 fully saturated rings. The highest BCUT2D eigenvalue weighted by molar-refractivity contribution is 5.85. The average Bonchev–Trinajstić information content (AvgIpc) is 3.44. The second kappa shape index (κ2) is 8.50. The number of aromatic nitrogens is 6. The Hall–Kier alpha value is -4.84. The van der Waals surface area contributed by atoms with Crippen molar-refractivity contribution < 1.29 is 0 Å². The van der Waals surface area contributed by atoms with E-state index in [9.17, 15) is 0 Å². The molecule has 0 saturated carbocycles.